The van der Waals surface area contributed by atoms with Crippen molar-refractivity contribution in [1.82, 2.24) is 10.2 Å². The van der Waals surface area contributed by atoms with Crippen LogP contribution in [-0.4, -0.2) is 35.0 Å². The van der Waals surface area contributed by atoms with Crippen LogP contribution in [0.4, 0.5) is 13.2 Å². The third-order valence-corrected chi connectivity index (χ3v) is 5.63. The van der Waals surface area contributed by atoms with Crippen LogP contribution >= 0.6 is 11.3 Å². The Labute approximate surface area is 148 Å². The van der Waals surface area contributed by atoms with Crippen LogP contribution in [0.25, 0.3) is 0 Å². The summed E-state index contributed by atoms with van der Waals surface area (Å²) in [5, 5.41) is 4.59. The Kier molecular flexibility index (Phi) is 5.36. The van der Waals surface area contributed by atoms with Crippen molar-refractivity contribution in [1.29, 1.82) is 0 Å². The molecule has 1 aromatic heterocycles. The molecule has 2 saturated carbocycles. The van der Waals surface area contributed by atoms with Crippen molar-refractivity contribution in [2.75, 3.05) is 0 Å². The molecule has 2 fully saturated rings. The molecule has 8 heteroatoms. The number of carbonyl (C=O) groups is 2. The van der Waals surface area contributed by atoms with Crippen molar-refractivity contribution in [3.8, 4) is 0 Å². The lowest BCUT2D eigenvalue weighted by atomic mass is 9.95. The molecule has 25 heavy (non-hydrogen) atoms. The first kappa shape index (κ1) is 18.2. The highest BCUT2D eigenvalue weighted by molar-refractivity contribution is 7.10. The summed E-state index contributed by atoms with van der Waals surface area (Å²) in [6.45, 7) is 0. The minimum Gasteiger partial charge on any atom is -0.351 e. The SMILES string of the molecule is O=C(NC1CCCCC1)[C@H](c1cccs1)N(C(=O)C(F)(F)F)C1CC1. The minimum atomic E-state index is -4.98. The van der Waals surface area contributed by atoms with Crippen molar-refractivity contribution < 1.29 is 22.8 Å². The summed E-state index contributed by atoms with van der Waals surface area (Å²) in [4.78, 5) is 26.1. The molecule has 0 aromatic carbocycles. The molecule has 2 aliphatic rings. The topological polar surface area (TPSA) is 49.4 Å². The maximum Gasteiger partial charge on any atom is 0.471 e. The van der Waals surface area contributed by atoms with Crippen molar-refractivity contribution in [2.24, 2.45) is 0 Å². The fraction of sp³-hybridized carbons (Fsp3) is 0.647. The van der Waals surface area contributed by atoms with Gasteiger partial charge in [-0.1, -0.05) is 25.3 Å². The lowest BCUT2D eigenvalue weighted by Gasteiger charge is -2.33. The summed E-state index contributed by atoms with van der Waals surface area (Å²) in [5.41, 5.74) is 0. The van der Waals surface area contributed by atoms with Crippen LogP contribution in [0, 0.1) is 0 Å². The molecule has 2 aliphatic carbocycles. The number of amides is 2. The number of nitrogens with one attached hydrogen (secondary N) is 1. The van der Waals surface area contributed by atoms with Gasteiger partial charge in [0.25, 0.3) is 0 Å². The van der Waals surface area contributed by atoms with Gasteiger partial charge in [0.05, 0.1) is 0 Å². The summed E-state index contributed by atoms with van der Waals surface area (Å²) in [6.07, 6.45) is 0.801. The molecule has 2 amide bonds. The van der Waals surface area contributed by atoms with Gasteiger partial charge in [-0.2, -0.15) is 13.2 Å². The van der Waals surface area contributed by atoms with Crippen LogP contribution in [0.2, 0.25) is 0 Å². The zero-order valence-electron chi connectivity index (χ0n) is 13.7. The lowest BCUT2D eigenvalue weighted by Crippen LogP contribution is -2.51. The second kappa shape index (κ2) is 7.35. The van der Waals surface area contributed by atoms with Gasteiger partial charge in [-0.15, -0.1) is 11.3 Å². The van der Waals surface area contributed by atoms with Crippen LogP contribution in [0.3, 0.4) is 0 Å². The number of carbonyl (C=O) groups excluding carboxylic acids is 2. The van der Waals surface area contributed by atoms with E-state index in [4.69, 9.17) is 0 Å². The molecule has 0 bridgehead atoms. The number of nitrogens with zero attached hydrogens (tertiary/aromatic N) is 1. The largest absolute Gasteiger partial charge is 0.471 e. The number of hydrogen-bond donors (Lipinski definition) is 1. The molecular formula is C17H21F3N2O2S. The normalized spacial score (nSPS) is 20.1. The van der Waals surface area contributed by atoms with Gasteiger partial charge in [0, 0.05) is 17.0 Å². The molecule has 1 atom stereocenters. The van der Waals surface area contributed by atoms with Crippen molar-refractivity contribution >= 4 is 23.2 Å². The van der Waals surface area contributed by atoms with Gasteiger partial charge in [-0.25, -0.2) is 0 Å². The maximum atomic E-state index is 13.1. The van der Waals surface area contributed by atoms with Gasteiger partial charge in [0.1, 0.15) is 6.04 Å². The standard InChI is InChI=1S/C17H21F3N2O2S/c18-17(19,20)16(24)22(12-8-9-12)14(13-7-4-10-25-13)15(23)21-11-5-2-1-3-6-11/h4,7,10-12,14H,1-3,5-6,8-9H2,(H,21,23)/t14-/m0/s1. The van der Waals surface area contributed by atoms with Gasteiger partial charge in [-0.05, 0) is 37.1 Å². The highest BCUT2D eigenvalue weighted by Crippen LogP contribution is 2.39. The Morgan fingerprint density at radius 3 is 2.36 bits per heavy atom. The van der Waals surface area contributed by atoms with E-state index in [2.05, 4.69) is 5.32 Å². The molecule has 138 valence electrons. The Morgan fingerprint density at radius 1 is 1.16 bits per heavy atom. The van der Waals surface area contributed by atoms with E-state index >= 15 is 0 Å². The highest BCUT2D eigenvalue weighted by Gasteiger charge is 2.51. The van der Waals surface area contributed by atoms with Crippen LogP contribution in [0.1, 0.15) is 55.9 Å². The summed E-state index contributed by atoms with van der Waals surface area (Å²) < 4.78 is 39.3. The molecule has 0 aliphatic heterocycles. The van der Waals surface area contributed by atoms with Crippen LogP contribution < -0.4 is 5.32 Å². The smallest absolute Gasteiger partial charge is 0.351 e. The monoisotopic (exact) mass is 374 g/mol. The van der Waals surface area contributed by atoms with Crippen LogP contribution in [0.15, 0.2) is 17.5 Å². The average molecular weight is 374 g/mol. The predicted molar refractivity (Wildman–Crippen MR) is 88.0 cm³/mol. The fourth-order valence-electron chi connectivity index (χ4n) is 3.36. The fourth-order valence-corrected chi connectivity index (χ4v) is 4.18. The van der Waals surface area contributed by atoms with E-state index in [1.807, 2.05) is 0 Å². The van der Waals surface area contributed by atoms with E-state index < -0.39 is 30.1 Å². The second-order valence-corrected chi connectivity index (χ2v) is 7.68. The van der Waals surface area contributed by atoms with Crippen molar-refractivity contribution in [2.45, 2.75) is 69.2 Å². The van der Waals surface area contributed by atoms with Gasteiger partial charge >= 0.3 is 12.1 Å². The summed E-state index contributed by atoms with van der Waals surface area (Å²) in [6, 6.07) is 1.56. The quantitative estimate of drug-likeness (QED) is 0.852. The molecule has 3 rings (SSSR count). The molecular weight excluding hydrogens is 353 g/mol. The first-order chi connectivity index (χ1) is 11.9. The zero-order valence-corrected chi connectivity index (χ0v) is 14.5. The van der Waals surface area contributed by atoms with E-state index in [1.54, 1.807) is 17.5 Å². The zero-order chi connectivity index (χ0) is 18.0. The summed E-state index contributed by atoms with van der Waals surface area (Å²) in [7, 11) is 0. The molecule has 1 aromatic rings. The summed E-state index contributed by atoms with van der Waals surface area (Å²) in [5.74, 6) is -2.42. The van der Waals surface area contributed by atoms with Gasteiger partial charge < -0.3 is 10.2 Å². The molecule has 1 N–H and O–H groups in total. The summed E-state index contributed by atoms with van der Waals surface area (Å²) >= 11 is 1.20. The Bertz CT molecular complexity index is 608. The van der Waals surface area contributed by atoms with E-state index in [0.717, 1.165) is 37.0 Å². The molecule has 0 saturated heterocycles. The van der Waals surface area contributed by atoms with Gasteiger partial charge in [-0.3, -0.25) is 9.59 Å². The van der Waals surface area contributed by atoms with E-state index in [9.17, 15) is 22.8 Å². The highest BCUT2D eigenvalue weighted by atomic mass is 32.1. The maximum absolute atomic E-state index is 13.1. The van der Waals surface area contributed by atoms with Crippen LogP contribution in [0.5, 0.6) is 0 Å². The number of alkyl halides is 3. The Balaban J connectivity index is 1.85. The lowest BCUT2D eigenvalue weighted by molar-refractivity contribution is -0.189. The Hall–Kier alpha value is -1.57. The molecule has 0 spiro atoms. The van der Waals surface area contributed by atoms with Gasteiger partial charge in [0.2, 0.25) is 5.91 Å². The third kappa shape index (κ3) is 4.34. The average Bonchev–Trinajstić information content (AvgIpc) is 3.26. The molecule has 0 radical (unpaired) electrons. The minimum absolute atomic E-state index is 0.0224. The van der Waals surface area contributed by atoms with E-state index in [0.29, 0.717) is 17.7 Å². The molecule has 0 unspecified atom stereocenters. The van der Waals surface area contributed by atoms with Gasteiger partial charge in [0.15, 0.2) is 0 Å². The van der Waals surface area contributed by atoms with Crippen LogP contribution in [-0.2, 0) is 9.59 Å². The molecule has 4 nitrogen and oxygen atoms in total. The van der Waals surface area contributed by atoms with E-state index in [1.165, 1.54) is 11.3 Å². The second-order valence-electron chi connectivity index (χ2n) is 6.70. The number of thiophene rings is 1. The Morgan fingerprint density at radius 2 is 1.84 bits per heavy atom. The first-order valence-electron chi connectivity index (χ1n) is 8.61. The first-order valence-corrected chi connectivity index (χ1v) is 9.49. The molecule has 1 heterocycles. The predicted octanol–water partition coefficient (Wildman–Crippen LogP) is 3.79. The van der Waals surface area contributed by atoms with Crippen molar-refractivity contribution in [3.05, 3.63) is 22.4 Å². The van der Waals surface area contributed by atoms with E-state index in [-0.39, 0.29) is 6.04 Å². The van der Waals surface area contributed by atoms with Crippen molar-refractivity contribution in [3.63, 3.8) is 0 Å². The third-order valence-electron chi connectivity index (χ3n) is 4.71. The number of halogens is 3. The number of rotatable bonds is 5. The number of hydrogen-bond acceptors (Lipinski definition) is 3.